The van der Waals surface area contributed by atoms with Gasteiger partial charge in [-0.15, -0.1) is 0 Å². The molecular formula is C24H25N9O. The van der Waals surface area contributed by atoms with E-state index < -0.39 is 0 Å². The van der Waals surface area contributed by atoms with E-state index in [1.165, 1.54) is 0 Å². The molecule has 0 saturated heterocycles. The predicted octanol–water partition coefficient (Wildman–Crippen LogP) is 3.58. The number of aryl methyl sites for hydroxylation is 1. The molecule has 172 valence electrons. The molecule has 0 unspecified atom stereocenters. The monoisotopic (exact) mass is 455 g/mol. The number of carbonyl (C=O) groups excluding carboxylic acids is 1. The molecule has 10 nitrogen and oxygen atoms in total. The zero-order valence-corrected chi connectivity index (χ0v) is 18.7. The second-order valence-corrected chi connectivity index (χ2v) is 7.87. The first-order valence-electron chi connectivity index (χ1n) is 11.0. The van der Waals surface area contributed by atoms with Gasteiger partial charge in [0.25, 0.3) is 0 Å². The first-order valence-corrected chi connectivity index (χ1v) is 11.0. The van der Waals surface area contributed by atoms with Crippen molar-refractivity contribution in [2.24, 2.45) is 0 Å². The number of nitrogen functional groups attached to an aromatic ring is 1. The molecule has 2 aromatic carbocycles. The average molecular weight is 456 g/mol. The zero-order chi connectivity index (χ0) is 23.5. The van der Waals surface area contributed by atoms with Gasteiger partial charge in [-0.1, -0.05) is 12.1 Å². The third-order valence-electron chi connectivity index (χ3n) is 5.56. The molecule has 0 aliphatic rings. The van der Waals surface area contributed by atoms with E-state index in [1.807, 2.05) is 65.8 Å². The lowest BCUT2D eigenvalue weighted by Gasteiger charge is -2.12. The van der Waals surface area contributed by atoms with Crippen molar-refractivity contribution >= 4 is 39.9 Å². The van der Waals surface area contributed by atoms with Crippen LogP contribution < -0.4 is 21.7 Å². The van der Waals surface area contributed by atoms with Crippen LogP contribution in [0.5, 0.6) is 0 Å². The number of nitrogens with two attached hydrogens (primary N) is 1. The summed E-state index contributed by atoms with van der Waals surface area (Å²) in [7, 11) is 1.58. The summed E-state index contributed by atoms with van der Waals surface area (Å²) in [5, 5.41) is 8.76. The van der Waals surface area contributed by atoms with E-state index in [9.17, 15) is 4.79 Å². The Morgan fingerprint density at radius 2 is 2.00 bits per heavy atom. The van der Waals surface area contributed by atoms with E-state index in [4.69, 9.17) is 15.7 Å². The quantitative estimate of drug-likeness (QED) is 0.219. The zero-order valence-electron chi connectivity index (χ0n) is 18.7. The van der Waals surface area contributed by atoms with E-state index in [0.717, 1.165) is 47.4 Å². The summed E-state index contributed by atoms with van der Waals surface area (Å²) in [4.78, 5) is 25.2. The van der Waals surface area contributed by atoms with Crippen LogP contribution in [0.1, 0.15) is 6.42 Å². The van der Waals surface area contributed by atoms with Gasteiger partial charge in [0.05, 0.1) is 29.3 Å². The maximum absolute atomic E-state index is 11.6. The number of rotatable bonds is 7. The van der Waals surface area contributed by atoms with Gasteiger partial charge < -0.3 is 26.3 Å². The second kappa shape index (κ2) is 9.10. The summed E-state index contributed by atoms with van der Waals surface area (Å²) in [6.45, 7) is 1.59. The molecule has 3 aromatic heterocycles. The van der Waals surface area contributed by atoms with Crippen LogP contribution in [0.25, 0.3) is 27.9 Å². The summed E-state index contributed by atoms with van der Waals surface area (Å²) < 4.78 is 4.13. The van der Waals surface area contributed by atoms with Crippen molar-refractivity contribution in [2.45, 2.75) is 13.0 Å². The van der Waals surface area contributed by atoms with Crippen LogP contribution in [0.2, 0.25) is 0 Å². The Labute approximate surface area is 195 Å². The number of urea groups is 1. The Bertz CT molecular complexity index is 1440. The molecule has 0 radical (unpaired) electrons. The molecule has 3 heterocycles. The number of hydrogen-bond acceptors (Lipinski definition) is 6. The highest BCUT2D eigenvalue weighted by Gasteiger charge is 2.15. The van der Waals surface area contributed by atoms with Crippen LogP contribution in [-0.4, -0.2) is 43.5 Å². The summed E-state index contributed by atoms with van der Waals surface area (Å²) >= 11 is 0. The molecule has 10 heteroatoms. The van der Waals surface area contributed by atoms with Gasteiger partial charge in [-0.2, -0.15) is 0 Å². The van der Waals surface area contributed by atoms with Gasteiger partial charge in [0, 0.05) is 49.5 Å². The van der Waals surface area contributed by atoms with Gasteiger partial charge in [-0.05, 0) is 36.8 Å². The van der Waals surface area contributed by atoms with Crippen LogP contribution in [0, 0.1) is 0 Å². The number of fused-ring (bicyclic) bond motifs is 3. The smallest absolute Gasteiger partial charge is 0.318 e. The third kappa shape index (κ3) is 4.20. The fourth-order valence-electron chi connectivity index (χ4n) is 3.88. The van der Waals surface area contributed by atoms with Crippen LogP contribution in [0.3, 0.4) is 0 Å². The number of imidazole rings is 2. The predicted molar refractivity (Wildman–Crippen MR) is 134 cm³/mol. The van der Waals surface area contributed by atoms with Crippen molar-refractivity contribution in [3.8, 4) is 11.3 Å². The van der Waals surface area contributed by atoms with Crippen LogP contribution >= 0.6 is 0 Å². The topological polar surface area (TPSA) is 127 Å². The summed E-state index contributed by atoms with van der Waals surface area (Å²) in [6.07, 6.45) is 8.29. The first kappa shape index (κ1) is 21.3. The fourth-order valence-corrected chi connectivity index (χ4v) is 3.88. The third-order valence-corrected chi connectivity index (χ3v) is 5.56. The number of nitrogens with zero attached hydrogens (tertiary/aromatic N) is 5. The SMILES string of the molecule is CNC(=O)Nc1ccc(-c2cnc3c(NCCCn4ccnc4)nc4cc(N)ccc4n23)cc1. The largest absolute Gasteiger partial charge is 0.399 e. The minimum atomic E-state index is -0.263. The lowest BCUT2D eigenvalue weighted by atomic mass is 10.1. The van der Waals surface area contributed by atoms with Gasteiger partial charge in [0.1, 0.15) is 0 Å². The minimum Gasteiger partial charge on any atom is -0.399 e. The molecule has 0 fully saturated rings. The van der Waals surface area contributed by atoms with E-state index in [-0.39, 0.29) is 6.03 Å². The molecule has 0 aliphatic carbocycles. The maximum atomic E-state index is 11.6. The standard InChI is InChI=1S/C24H25N9O/c1-26-24(34)30-18-6-3-16(4-7-18)21-14-29-23-22(28-9-2-11-32-12-10-27-15-32)31-19-13-17(25)5-8-20(19)33(21)23/h3-8,10,12-15H,2,9,11,25H2,1H3,(H,28,31)(H2,26,30,34). The van der Waals surface area contributed by atoms with Gasteiger partial charge >= 0.3 is 6.03 Å². The van der Waals surface area contributed by atoms with Gasteiger partial charge in [0.2, 0.25) is 0 Å². The van der Waals surface area contributed by atoms with Crippen LogP contribution in [-0.2, 0) is 6.54 Å². The van der Waals surface area contributed by atoms with Gasteiger partial charge in [0.15, 0.2) is 11.5 Å². The molecule has 2 amide bonds. The minimum absolute atomic E-state index is 0.263. The molecule has 0 bridgehead atoms. The molecule has 5 aromatic rings. The molecule has 34 heavy (non-hydrogen) atoms. The molecule has 0 atom stereocenters. The molecule has 0 spiro atoms. The van der Waals surface area contributed by atoms with Crippen molar-refractivity contribution in [1.29, 1.82) is 0 Å². The maximum Gasteiger partial charge on any atom is 0.318 e. The number of nitrogens with one attached hydrogen (secondary N) is 3. The number of aromatic nitrogens is 5. The van der Waals surface area contributed by atoms with Gasteiger partial charge in [-0.3, -0.25) is 4.40 Å². The number of benzene rings is 2. The summed E-state index contributed by atoms with van der Waals surface area (Å²) in [6, 6.07) is 13.1. The highest BCUT2D eigenvalue weighted by molar-refractivity contribution is 5.90. The van der Waals surface area contributed by atoms with E-state index in [1.54, 1.807) is 13.2 Å². The lowest BCUT2D eigenvalue weighted by molar-refractivity contribution is 0.254. The fraction of sp³-hybridized carbons (Fsp3) is 0.167. The van der Waals surface area contributed by atoms with Crippen molar-refractivity contribution in [3.63, 3.8) is 0 Å². The molecule has 0 aliphatic heterocycles. The Morgan fingerprint density at radius 1 is 1.15 bits per heavy atom. The Balaban J connectivity index is 1.49. The Kier molecular flexibility index (Phi) is 5.69. The average Bonchev–Trinajstić information content (AvgIpc) is 3.52. The molecular weight excluding hydrogens is 430 g/mol. The van der Waals surface area contributed by atoms with Crippen LogP contribution in [0.4, 0.5) is 22.0 Å². The van der Waals surface area contributed by atoms with E-state index in [2.05, 4.69) is 25.3 Å². The second-order valence-electron chi connectivity index (χ2n) is 7.87. The number of carbonyl (C=O) groups is 1. The van der Waals surface area contributed by atoms with Crippen LogP contribution in [0.15, 0.2) is 67.4 Å². The normalized spacial score (nSPS) is 11.1. The molecule has 5 N–H and O–H groups in total. The highest BCUT2D eigenvalue weighted by Crippen LogP contribution is 2.30. The van der Waals surface area contributed by atoms with Crippen molar-refractivity contribution < 1.29 is 4.79 Å². The summed E-state index contributed by atoms with van der Waals surface area (Å²) in [5.41, 5.74) is 11.7. The Morgan fingerprint density at radius 3 is 2.76 bits per heavy atom. The van der Waals surface area contributed by atoms with Crippen molar-refractivity contribution in [2.75, 3.05) is 30.0 Å². The molecule has 5 rings (SSSR count). The number of anilines is 3. The molecule has 0 saturated carbocycles. The number of amides is 2. The van der Waals surface area contributed by atoms with Gasteiger partial charge in [-0.25, -0.2) is 19.7 Å². The number of hydrogen-bond donors (Lipinski definition) is 4. The van der Waals surface area contributed by atoms with Crippen molar-refractivity contribution in [3.05, 3.63) is 67.4 Å². The lowest BCUT2D eigenvalue weighted by Crippen LogP contribution is -2.24. The van der Waals surface area contributed by atoms with Crippen molar-refractivity contribution in [1.82, 2.24) is 29.2 Å². The van der Waals surface area contributed by atoms with E-state index >= 15 is 0 Å². The summed E-state index contributed by atoms with van der Waals surface area (Å²) in [5.74, 6) is 0.702. The first-order chi connectivity index (χ1) is 16.6. The van der Waals surface area contributed by atoms with E-state index in [0.29, 0.717) is 17.2 Å². The Hall–Kier alpha value is -4.60. The highest BCUT2D eigenvalue weighted by atomic mass is 16.2.